The fraction of sp³-hybridized carbons (Fsp3) is 0.917. The molecular formula is C12H23N3. The van der Waals surface area contributed by atoms with Gasteiger partial charge in [-0.3, -0.25) is 4.90 Å². The number of rotatable bonds is 6. The van der Waals surface area contributed by atoms with E-state index in [-0.39, 0.29) is 0 Å². The van der Waals surface area contributed by atoms with Crippen LogP contribution < -0.4 is 5.32 Å². The van der Waals surface area contributed by atoms with Crippen LogP contribution in [-0.2, 0) is 0 Å². The van der Waals surface area contributed by atoms with E-state index in [0.29, 0.717) is 18.5 Å². The van der Waals surface area contributed by atoms with E-state index in [2.05, 4.69) is 30.1 Å². The minimum atomic E-state index is 0.589. The Balaban J connectivity index is 2.26. The van der Waals surface area contributed by atoms with Crippen LogP contribution in [0.1, 0.15) is 39.5 Å². The average molecular weight is 209 g/mol. The fourth-order valence-electron chi connectivity index (χ4n) is 2.12. The molecule has 86 valence electrons. The van der Waals surface area contributed by atoms with Gasteiger partial charge >= 0.3 is 0 Å². The highest BCUT2D eigenvalue weighted by Gasteiger charge is 2.18. The number of hydrogen-bond donors (Lipinski definition) is 1. The Labute approximate surface area is 93.5 Å². The lowest BCUT2D eigenvalue weighted by Gasteiger charge is -2.29. The van der Waals surface area contributed by atoms with E-state index in [1.807, 2.05) is 0 Å². The van der Waals surface area contributed by atoms with Gasteiger partial charge in [0.05, 0.1) is 6.07 Å². The third-order valence-corrected chi connectivity index (χ3v) is 3.08. The van der Waals surface area contributed by atoms with Gasteiger partial charge in [-0.15, -0.1) is 0 Å². The van der Waals surface area contributed by atoms with Crippen molar-refractivity contribution in [2.45, 2.75) is 51.6 Å². The molecule has 0 bridgehead atoms. The molecule has 1 heterocycles. The second-order valence-electron chi connectivity index (χ2n) is 4.64. The molecule has 1 fully saturated rings. The Morgan fingerprint density at radius 2 is 2.33 bits per heavy atom. The summed E-state index contributed by atoms with van der Waals surface area (Å²) in [5.74, 6) is 0. The fourth-order valence-corrected chi connectivity index (χ4v) is 2.12. The first-order chi connectivity index (χ1) is 7.24. The highest BCUT2D eigenvalue weighted by molar-refractivity contribution is 4.80. The molecule has 0 spiro atoms. The van der Waals surface area contributed by atoms with Crippen LogP contribution in [0.5, 0.6) is 0 Å². The lowest BCUT2D eigenvalue weighted by molar-refractivity contribution is 0.201. The summed E-state index contributed by atoms with van der Waals surface area (Å²) in [6.07, 6.45) is 4.30. The van der Waals surface area contributed by atoms with E-state index in [1.165, 1.54) is 19.4 Å². The quantitative estimate of drug-likeness (QED) is 0.677. The van der Waals surface area contributed by atoms with Gasteiger partial charge in [0.1, 0.15) is 0 Å². The predicted molar refractivity (Wildman–Crippen MR) is 62.6 cm³/mol. The Morgan fingerprint density at radius 3 is 2.87 bits per heavy atom. The van der Waals surface area contributed by atoms with Gasteiger partial charge in [-0.2, -0.15) is 5.26 Å². The van der Waals surface area contributed by atoms with Crippen LogP contribution >= 0.6 is 0 Å². The summed E-state index contributed by atoms with van der Waals surface area (Å²) >= 11 is 0. The van der Waals surface area contributed by atoms with Crippen LogP contribution in [0, 0.1) is 11.3 Å². The van der Waals surface area contributed by atoms with Crippen molar-refractivity contribution in [2.24, 2.45) is 0 Å². The molecule has 3 nitrogen and oxygen atoms in total. The molecule has 1 aliphatic rings. The zero-order chi connectivity index (χ0) is 11.1. The molecule has 1 unspecified atom stereocenters. The van der Waals surface area contributed by atoms with Gasteiger partial charge in [0, 0.05) is 25.0 Å². The molecule has 0 aromatic carbocycles. The van der Waals surface area contributed by atoms with Crippen molar-refractivity contribution in [3.8, 4) is 6.07 Å². The monoisotopic (exact) mass is 209 g/mol. The molecule has 1 atom stereocenters. The molecule has 0 saturated carbocycles. The van der Waals surface area contributed by atoms with Gasteiger partial charge in [0.15, 0.2) is 0 Å². The summed E-state index contributed by atoms with van der Waals surface area (Å²) in [6.45, 7) is 7.85. The van der Waals surface area contributed by atoms with Gasteiger partial charge in [-0.1, -0.05) is 0 Å². The third kappa shape index (κ3) is 4.63. The Bertz CT molecular complexity index is 201. The normalized spacial score (nSPS) is 21.1. The first kappa shape index (κ1) is 12.5. The Kier molecular flexibility index (Phi) is 5.67. The van der Waals surface area contributed by atoms with E-state index >= 15 is 0 Å². The van der Waals surface area contributed by atoms with Crippen LogP contribution in [0.4, 0.5) is 0 Å². The summed E-state index contributed by atoms with van der Waals surface area (Å²) in [5.41, 5.74) is 0. The summed E-state index contributed by atoms with van der Waals surface area (Å²) < 4.78 is 0. The Morgan fingerprint density at radius 1 is 1.53 bits per heavy atom. The lowest BCUT2D eigenvalue weighted by Crippen LogP contribution is -2.41. The first-order valence-corrected chi connectivity index (χ1v) is 6.08. The van der Waals surface area contributed by atoms with E-state index in [0.717, 1.165) is 19.5 Å². The topological polar surface area (TPSA) is 39.1 Å². The average Bonchev–Trinajstić information content (AvgIpc) is 2.69. The second kappa shape index (κ2) is 6.81. The Hall–Kier alpha value is -0.590. The highest BCUT2D eigenvalue weighted by atomic mass is 15.2. The van der Waals surface area contributed by atoms with Gasteiger partial charge in [-0.05, 0) is 46.2 Å². The summed E-state index contributed by atoms with van der Waals surface area (Å²) in [4.78, 5) is 2.49. The largest absolute Gasteiger partial charge is 0.313 e. The molecule has 0 aromatic heterocycles. The maximum Gasteiger partial charge on any atom is 0.0622 e. The van der Waals surface area contributed by atoms with Gasteiger partial charge < -0.3 is 5.32 Å². The lowest BCUT2D eigenvalue weighted by atomic mass is 10.1. The molecule has 1 rings (SSSR count). The summed E-state index contributed by atoms with van der Waals surface area (Å²) in [6, 6.07) is 3.48. The van der Waals surface area contributed by atoms with Gasteiger partial charge in [-0.25, -0.2) is 0 Å². The zero-order valence-corrected chi connectivity index (χ0v) is 10.00. The van der Waals surface area contributed by atoms with Crippen molar-refractivity contribution in [3.63, 3.8) is 0 Å². The maximum absolute atomic E-state index is 8.52. The van der Waals surface area contributed by atoms with Crippen molar-refractivity contribution in [3.05, 3.63) is 0 Å². The first-order valence-electron chi connectivity index (χ1n) is 6.08. The second-order valence-corrected chi connectivity index (χ2v) is 4.64. The number of unbranched alkanes of at least 4 members (excludes halogenated alkanes) is 1. The molecule has 0 amide bonds. The zero-order valence-electron chi connectivity index (χ0n) is 10.00. The molecular weight excluding hydrogens is 186 g/mol. The molecule has 1 N–H and O–H groups in total. The maximum atomic E-state index is 8.52. The van der Waals surface area contributed by atoms with Crippen LogP contribution in [0.25, 0.3) is 0 Å². The van der Waals surface area contributed by atoms with Crippen LogP contribution in [0.15, 0.2) is 0 Å². The minimum Gasteiger partial charge on any atom is -0.313 e. The van der Waals surface area contributed by atoms with Crippen molar-refractivity contribution in [1.29, 1.82) is 5.26 Å². The molecule has 1 saturated heterocycles. The van der Waals surface area contributed by atoms with Crippen molar-refractivity contribution < 1.29 is 0 Å². The van der Waals surface area contributed by atoms with Crippen molar-refractivity contribution in [1.82, 2.24) is 10.2 Å². The molecule has 15 heavy (non-hydrogen) atoms. The number of nitrogens with zero attached hydrogens (tertiary/aromatic N) is 2. The van der Waals surface area contributed by atoms with Crippen molar-refractivity contribution >= 4 is 0 Å². The van der Waals surface area contributed by atoms with Gasteiger partial charge in [0.2, 0.25) is 0 Å². The molecule has 1 aliphatic heterocycles. The van der Waals surface area contributed by atoms with Crippen LogP contribution in [0.3, 0.4) is 0 Å². The van der Waals surface area contributed by atoms with Crippen molar-refractivity contribution in [2.75, 3.05) is 19.6 Å². The molecule has 0 radical (unpaired) electrons. The van der Waals surface area contributed by atoms with Crippen LogP contribution in [0.2, 0.25) is 0 Å². The van der Waals surface area contributed by atoms with Crippen LogP contribution in [-0.4, -0.2) is 36.6 Å². The number of nitrogens with one attached hydrogen (secondary N) is 1. The predicted octanol–water partition coefficient (Wildman–Crippen LogP) is 1.75. The minimum absolute atomic E-state index is 0.589. The van der Waals surface area contributed by atoms with E-state index < -0.39 is 0 Å². The summed E-state index contributed by atoms with van der Waals surface area (Å²) in [7, 11) is 0. The standard InChI is InChI=1S/C12H23N3/c1-11(2)15(9-4-3-7-13)10-12-6-5-8-14-12/h11-12,14H,3-6,8-10H2,1-2H3. The van der Waals surface area contributed by atoms with Gasteiger partial charge in [0.25, 0.3) is 0 Å². The highest BCUT2D eigenvalue weighted by Crippen LogP contribution is 2.10. The smallest absolute Gasteiger partial charge is 0.0622 e. The molecule has 0 aliphatic carbocycles. The van der Waals surface area contributed by atoms with E-state index in [1.54, 1.807) is 0 Å². The number of hydrogen-bond acceptors (Lipinski definition) is 3. The SMILES string of the molecule is CC(C)N(CCCC#N)CC1CCCN1. The number of nitriles is 1. The van der Waals surface area contributed by atoms with E-state index in [4.69, 9.17) is 5.26 Å². The molecule has 3 heteroatoms. The molecule has 0 aromatic rings. The third-order valence-electron chi connectivity index (χ3n) is 3.08. The van der Waals surface area contributed by atoms with E-state index in [9.17, 15) is 0 Å². The summed E-state index contributed by atoms with van der Waals surface area (Å²) in [5, 5.41) is 12.0.